The minimum Gasteiger partial charge on any atom is -0.478 e. The van der Waals surface area contributed by atoms with Gasteiger partial charge < -0.3 is 10.0 Å². The number of carboxylic acid groups (broad SMARTS) is 1. The van der Waals surface area contributed by atoms with Crippen molar-refractivity contribution in [1.82, 2.24) is 9.62 Å². The standard InChI is InChI=1S/C14H20N2O4S/c1-16(2)7-6-15-21(19,20)13-9-11(14(17)18)8-10-4-3-5-12(10)13/h8-9,15H,3-7H2,1-2H3,(H,17,18). The van der Waals surface area contributed by atoms with Crippen LogP contribution in [0.4, 0.5) is 0 Å². The van der Waals surface area contributed by atoms with Crippen LogP contribution in [-0.4, -0.2) is 51.6 Å². The van der Waals surface area contributed by atoms with Crippen molar-refractivity contribution < 1.29 is 18.3 Å². The van der Waals surface area contributed by atoms with Crippen molar-refractivity contribution in [3.63, 3.8) is 0 Å². The minimum atomic E-state index is -3.68. The number of aromatic carboxylic acids is 1. The third-order valence-corrected chi connectivity index (χ3v) is 5.09. The van der Waals surface area contributed by atoms with Crippen molar-refractivity contribution in [2.75, 3.05) is 27.2 Å². The Balaban J connectivity index is 2.36. The molecule has 1 aliphatic carbocycles. The predicted molar refractivity (Wildman–Crippen MR) is 79.2 cm³/mol. The Morgan fingerprint density at radius 2 is 2.05 bits per heavy atom. The van der Waals surface area contributed by atoms with Gasteiger partial charge in [-0.15, -0.1) is 0 Å². The van der Waals surface area contributed by atoms with Crippen LogP contribution < -0.4 is 4.72 Å². The molecule has 0 amide bonds. The molecule has 21 heavy (non-hydrogen) atoms. The van der Waals surface area contributed by atoms with Crippen LogP contribution in [0.25, 0.3) is 0 Å². The first-order valence-electron chi connectivity index (χ1n) is 6.85. The van der Waals surface area contributed by atoms with E-state index in [0.717, 1.165) is 24.0 Å². The molecule has 0 bridgehead atoms. The normalized spacial score (nSPS) is 14.4. The van der Waals surface area contributed by atoms with Crippen LogP contribution >= 0.6 is 0 Å². The quantitative estimate of drug-likeness (QED) is 0.808. The van der Waals surface area contributed by atoms with E-state index in [1.165, 1.54) is 6.07 Å². The van der Waals surface area contributed by atoms with E-state index in [9.17, 15) is 13.2 Å². The Labute approximate surface area is 124 Å². The number of aryl methyl sites for hydroxylation is 1. The van der Waals surface area contributed by atoms with E-state index in [-0.39, 0.29) is 10.5 Å². The third kappa shape index (κ3) is 3.61. The number of benzene rings is 1. The number of nitrogens with zero attached hydrogens (tertiary/aromatic N) is 1. The zero-order chi connectivity index (χ0) is 15.6. The van der Waals surface area contributed by atoms with Crippen LogP contribution in [0.3, 0.4) is 0 Å². The highest BCUT2D eigenvalue weighted by Crippen LogP contribution is 2.30. The van der Waals surface area contributed by atoms with E-state index in [0.29, 0.717) is 19.5 Å². The Morgan fingerprint density at radius 3 is 2.67 bits per heavy atom. The highest BCUT2D eigenvalue weighted by atomic mass is 32.2. The summed E-state index contributed by atoms with van der Waals surface area (Å²) in [5, 5.41) is 9.13. The lowest BCUT2D eigenvalue weighted by molar-refractivity contribution is 0.0696. The average Bonchev–Trinajstić information content (AvgIpc) is 2.84. The van der Waals surface area contributed by atoms with Crippen molar-refractivity contribution in [3.8, 4) is 0 Å². The molecule has 0 radical (unpaired) electrons. The molecule has 0 fully saturated rings. The number of nitrogens with one attached hydrogen (secondary N) is 1. The molecule has 6 nitrogen and oxygen atoms in total. The van der Waals surface area contributed by atoms with Crippen LogP contribution in [0.1, 0.15) is 27.9 Å². The summed E-state index contributed by atoms with van der Waals surface area (Å²) in [5.74, 6) is -1.10. The van der Waals surface area contributed by atoms with Crippen LogP contribution in [0.5, 0.6) is 0 Å². The molecule has 0 saturated heterocycles. The summed E-state index contributed by atoms with van der Waals surface area (Å²) in [6.07, 6.45) is 2.27. The number of hydrogen-bond donors (Lipinski definition) is 2. The largest absolute Gasteiger partial charge is 0.478 e. The molecule has 7 heteroatoms. The van der Waals surface area contributed by atoms with Gasteiger partial charge >= 0.3 is 5.97 Å². The van der Waals surface area contributed by atoms with Gasteiger partial charge in [-0.05, 0) is 56.6 Å². The maximum atomic E-state index is 12.4. The van der Waals surface area contributed by atoms with Crippen LogP contribution in [0, 0.1) is 0 Å². The number of hydrogen-bond acceptors (Lipinski definition) is 4. The number of rotatable bonds is 6. The van der Waals surface area contributed by atoms with Gasteiger partial charge in [-0.3, -0.25) is 0 Å². The first-order chi connectivity index (χ1) is 9.81. The highest BCUT2D eigenvalue weighted by Gasteiger charge is 2.25. The molecule has 2 N–H and O–H groups in total. The van der Waals surface area contributed by atoms with Crippen molar-refractivity contribution >= 4 is 16.0 Å². The summed E-state index contributed by atoms with van der Waals surface area (Å²) >= 11 is 0. The van der Waals surface area contributed by atoms with E-state index in [1.54, 1.807) is 6.07 Å². The van der Waals surface area contributed by atoms with Crippen LogP contribution in [-0.2, 0) is 22.9 Å². The van der Waals surface area contributed by atoms with E-state index >= 15 is 0 Å². The third-order valence-electron chi connectivity index (χ3n) is 3.56. The van der Waals surface area contributed by atoms with Gasteiger partial charge in [0.25, 0.3) is 0 Å². The Morgan fingerprint density at radius 1 is 1.33 bits per heavy atom. The number of sulfonamides is 1. The van der Waals surface area contributed by atoms with E-state index < -0.39 is 16.0 Å². The summed E-state index contributed by atoms with van der Waals surface area (Å²) < 4.78 is 27.4. The maximum Gasteiger partial charge on any atom is 0.335 e. The summed E-state index contributed by atoms with van der Waals surface area (Å²) in [7, 11) is 0.0391. The zero-order valence-electron chi connectivity index (χ0n) is 12.2. The molecule has 0 atom stereocenters. The Bertz CT molecular complexity index is 653. The lowest BCUT2D eigenvalue weighted by Gasteiger charge is -2.14. The first-order valence-corrected chi connectivity index (χ1v) is 8.33. The predicted octanol–water partition coefficient (Wildman–Crippen LogP) is 0.713. The van der Waals surface area contributed by atoms with Gasteiger partial charge in [-0.1, -0.05) is 0 Å². The molecule has 0 saturated carbocycles. The average molecular weight is 312 g/mol. The summed E-state index contributed by atoms with van der Waals surface area (Å²) in [5.41, 5.74) is 1.63. The minimum absolute atomic E-state index is 0.0311. The topological polar surface area (TPSA) is 86.7 Å². The van der Waals surface area contributed by atoms with Crippen LogP contribution in [0.15, 0.2) is 17.0 Å². The molecule has 116 valence electrons. The van der Waals surface area contributed by atoms with Gasteiger partial charge in [0.15, 0.2) is 0 Å². The summed E-state index contributed by atoms with van der Waals surface area (Å²) in [6.45, 7) is 0.876. The van der Waals surface area contributed by atoms with E-state index in [1.807, 2.05) is 19.0 Å². The molecule has 0 spiro atoms. The zero-order valence-corrected chi connectivity index (χ0v) is 13.0. The molecule has 0 aliphatic heterocycles. The molecule has 2 rings (SSSR count). The molecular formula is C14H20N2O4S. The van der Waals surface area contributed by atoms with Crippen molar-refractivity contribution in [3.05, 3.63) is 28.8 Å². The lowest BCUT2D eigenvalue weighted by atomic mass is 10.1. The van der Waals surface area contributed by atoms with E-state index in [4.69, 9.17) is 5.11 Å². The molecule has 1 aromatic carbocycles. The summed E-state index contributed by atoms with van der Waals surface area (Å²) in [4.78, 5) is 13.2. The number of carboxylic acids is 1. The van der Waals surface area contributed by atoms with Crippen molar-refractivity contribution in [1.29, 1.82) is 0 Å². The van der Waals surface area contributed by atoms with Gasteiger partial charge in [-0.2, -0.15) is 0 Å². The second kappa shape index (κ2) is 6.13. The molecule has 1 aromatic rings. The van der Waals surface area contributed by atoms with Crippen LogP contribution in [0.2, 0.25) is 0 Å². The molecule has 1 aliphatic rings. The second-order valence-corrected chi connectivity index (χ2v) is 7.21. The van der Waals surface area contributed by atoms with Gasteiger partial charge in [0, 0.05) is 13.1 Å². The first kappa shape index (κ1) is 15.9. The lowest BCUT2D eigenvalue weighted by Crippen LogP contribution is -2.32. The van der Waals surface area contributed by atoms with Crippen molar-refractivity contribution in [2.45, 2.75) is 24.2 Å². The number of fused-ring (bicyclic) bond motifs is 1. The smallest absolute Gasteiger partial charge is 0.335 e. The van der Waals surface area contributed by atoms with Gasteiger partial charge in [0.05, 0.1) is 10.5 Å². The second-order valence-electron chi connectivity index (χ2n) is 5.47. The van der Waals surface area contributed by atoms with Crippen molar-refractivity contribution in [2.24, 2.45) is 0 Å². The number of likely N-dealkylation sites (N-methyl/N-ethyl adjacent to an activating group) is 1. The molecule has 0 heterocycles. The number of carbonyl (C=O) groups is 1. The maximum absolute atomic E-state index is 12.4. The fraction of sp³-hybridized carbons (Fsp3) is 0.500. The Kier molecular flexibility index (Phi) is 4.65. The highest BCUT2D eigenvalue weighted by molar-refractivity contribution is 7.89. The van der Waals surface area contributed by atoms with Gasteiger partial charge in [0.1, 0.15) is 0 Å². The fourth-order valence-corrected chi connectivity index (χ4v) is 3.87. The van der Waals surface area contributed by atoms with Gasteiger partial charge in [-0.25, -0.2) is 17.9 Å². The Hall–Kier alpha value is -1.44. The monoisotopic (exact) mass is 312 g/mol. The summed E-state index contributed by atoms with van der Waals surface area (Å²) in [6, 6.07) is 2.86. The molecule has 0 unspecified atom stereocenters. The molecule has 0 aromatic heterocycles. The fourth-order valence-electron chi connectivity index (χ4n) is 2.51. The molecular weight excluding hydrogens is 292 g/mol. The van der Waals surface area contributed by atoms with Gasteiger partial charge in [0.2, 0.25) is 10.0 Å². The SMILES string of the molecule is CN(C)CCNS(=O)(=O)c1cc(C(=O)O)cc2c1CCC2. The van der Waals surface area contributed by atoms with E-state index in [2.05, 4.69) is 4.72 Å².